The molecule has 24 heavy (non-hydrogen) atoms. The lowest BCUT2D eigenvalue weighted by molar-refractivity contribution is -0.384. The predicted octanol–water partition coefficient (Wildman–Crippen LogP) is 3.81. The third-order valence-corrected chi connectivity index (χ3v) is 4.44. The first-order valence-electron chi connectivity index (χ1n) is 7.73. The first-order chi connectivity index (χ1) is 11.6. The van der Waals surface area contributed by atoms with E-state index in [1.807, 2.05) is 12.1 Å². The number of morpholine rings is 1. The maximum Gasteiger partial charge on any atom is 0.292 e. The number of anilines is 2. The topological polar surface area (TPSA) is 67.6 Å². The van der Waals surface area contributed by atoms with Crippen molar-refractivity contribution in [3.05, 3.63) is 62.6 Å². The fraction of sp³-hybridized carbons (Fsp3) is 0.294. The van der Waals surface area contributed by atoms with Gasteiger partial charge in [-0.1, -0.05) is 28.1 Å². The second-order valence-electron chi connectivity index (χ2n) is 5.54. The molecule has 1 fully saturated rings. The van der Waals surface area contributed by atoms with Crippen molar-refractivity contribution in [2.75, 3.05) is 36.5 Å². The summed E-state index contributed by atoms with van der Waals surface area (Å²) in [6.07, 6.45) is 0. The molecule has 3 rings (SSSR count). The van der Waals surface area contributed by atoms with E-state index in [9.17, 15) is 10.1 Å². The van der Waals surface area contributed by atoms with Crippen molar-refractivity contribution >= 4 is 33.0 Å². The van der Waals surface area contributed by atoms with Crippen LogP contribution in [0.15, 0.2) is 46.9 Å². The Labute approximate surface area is 148 Å². The molecular formula is C17H18BrN3O3. The Bertz CT molecular complexity index is 716. The summed E-state index contributed by atoms with van der Waals surface area (Å²) < 4.78 is 6.17. The van der Waals surface area contributed by atoms with Crippen LogP contribution < -0.4 is 10.2 Å². The quantitative estimate of drug-likeness (QED) is 0.619. The zero-order valence-corrected chi connectivity index (χ0v) is 14.7. The number of nitrogens with one attached hydrogen (secondary N) is 1. The van der Waals surface area contributed by atoms with Crippen LogP contribution in [0, 0.1) is 10.1 Å². The second kappa shape index (κ2) is 7.63. The summed E-state index contributed by atoms with van der Waals surface area (Å²) in [5.41, 5.74) is 2.83. The van der Waals surface area contributed by atoms with Crippen molar-refractivity contribution in [1.29, 1.82) is 0 Å². The Morgan fingerprint density at radius 3 is 2.54 bits per heavy atom. The van der Waals surface area contributed by atoms with Gasteiger partial charge in [-0.25, -0.2) is 0 Å². The van der Waals surface area contributed by atoms with Crippen molar-refractivity contribution in [3.8, 4) is 0 Å². The molecule has 1 aliphatic heterocycles. The van der Waals surface area contributed by atoms with E-state index in [0.29, 0.717) is 12.2 Å². The lowest BCUT2D eigenvalue weighted by Gasteiger charge is -2.28. The zero-order chi connectivity index (χ0) is 16.9. The molecule has 0 spiro atoms. The molecule has 0 aliphatic carbocycles. The summed E-state index contributed by atoms with van der Waals surface area (Å²) >= 11 is 3.35. The highest BCUT2D eigenvalue weighted by molar-refractivity contribution is 9.10. The monoisotopic (exact) mass is 391 g/mol. The molecule has 1 N–H and O–H groups in total. The molecule has 0 amide bonds. The van der Waals surface area contributed by atoms with Crippen LogP contribution in [0.2, 0.25) is 0 Å². The van der Waals surface area contributed by atoms with Gasteiger partial charge in [-0.3, -0.25) is 10.1 Å². The lowest BCUT2D eigenvalue weighted by Crippen LogP contribution is -2.36. The molecule has 0 unspecified atom stereocenters. The van der Waals surface area contributed by atoms with Crippen LogP contribution in [0.4, 0.5) is 17.1 Å². The third-order valence-electron chi connectivity index (χ3n) is 3.95. The van der Waals surface area contributed by atoms with E-state index < -0.39 is 0 Å². The van der Waals surface area contributed by atoms with Gasteiger partial charge in [-0.15, -0.1) is 0 Å². The Morgan fingerprint density at radius 2 is 1.88 bits per heavy atom. The highest BCUT2D eigenvalue weighted by Crippen LogP contribution is 2.28. The van der Waals surface area contributed by atoms with Crippen LogP contribution in [0.5, 0.6) is 0 Å². The van der Waals surface area contributed by atoms with Crippen molar-refractivity contribution in [2.24, 2.45) is 0 Å². The number of ether oxygens (including phenoxy) is 1. The van der Waals surface area contributed by atoms with E-state index in [-0.39, 0.29) is 10.6 Å². The van der Waals surface area contributed by atoms with E-state index >= 15 is 0 Å². The van der Waals surface area contributed by atoms with Crippen molar-refractivity contribution in [1.82, 2.24) is 0 Å². The standard InChI is InChI=1S/C17H18BrN3O3/c18-14-3-6-17(21(22)23)16(11-14)19-12-13-1-4-15(5-2-13)20-7-9-24-10-8-20/h1-6,11,19H,7-10,12H2. The number of nitro groups is 1. The minimum atomic E-state index is -0.379. The van der Waals surface area contributed by atoms with Gasteiger partial charge >= 0.3 is 0 Å². The van der Waals surface area contributed by atoms with E-state index in [4.69, 9.17) is 4.74 Å². The summed E-state index contributed by atoms with van der Waals surface area (Å²) in [6.45, 7) is 3.86. The van der Waals surface area contributed by atoms with E-state index in [1.165, 1.54) is 11.8 Å². The predicted molar refractivity (Wildman–Crippen MR) is 97.6 cm³/mol. The Balaban J connectivity index is 1.67. The van der Waals surface area contributed by atoms with Crippen molar-refractivity contribution < 1.29 is 9.66 Å². The molecule has 1 saturated heterocycles. The highest BCUT2D eigenvalue weighted by atomic mass is 79.9. The molecule has 2 aromatic carbocycles. The number of nitrogens with zero attached hydrogens (tertiary/aromatic N) is 2. The van der Waals surface area contributed by atoms with Gasteiger partial charge in [0.05, 0.1) is 18.1 Å². The van der Waals surface area contributed by atoms with Crippen molar-refractivity contribution in [2.45, 2.75) is 6.54 Å². The first kappa shape index (κ1) is 16.7. The van der Waals surface area contributed by atoms with Gasteiger partial charge in [0, 0.05) is 35.9 Å². The number of hydrogen-bond acceptors (Lipinski definition) is 5. The van der Waals surface area contributed by atoms with Crippen LogP contribution in [-0.4, -0.2) is 31.2 Å². The molecule has 1 aliphatic rings. The maximum absolute atomic E-state index is 11.1. The third kappa shape index (κ3) is 4.04. The van der Waals surface area contributed by atoms with E-state index in [0.717, 1.165) is 36.3 Å². The molecule has 0 aromatic heterocycles. The Hall–Kier alpha value is -2.12. The van der Waals surface area contributed by atoms with Crippen molar-refractivity contribution in [3.63, 3.8) is 0 Å². The smallest absolute Gasteiger partial charge is 0.292 e. The normalized spacial score (nSPS) is 14.5. The van der Waals surface area contributed by atoms with Gasteiger partial charge in [-0.05, 0) is 29.8 Å². The summed E-state index contributed by atoms with van der Waals surface area (Å²) in [5.74, 6) is 0. The van der Waals surface area contributed by atoms with Crippen LogP contribution in [-0.2, 0) is 11.3 Å². The largest absolute Gasteiger partial charge is 0.378 e. The number of rotatable bonds is 5. The minimum absolute atomic E-state index is 0.0723. The van der Waals surface area contributed by atoms with Gasteiger partial charge in [0.2, 0.25) is 0 Å². The lowest BCUT2D eigenvalue weighted by atomic mass is 10.1. The van der Waals surface area contributed by atoms with E-state index in [1.54, 1.807) is 12.1 Å². The number of halogens is 1. The number of hydrogen-bond donors (Lipinski definition) is 1. The molecule has 0 bridgehead atoms. The number of nitro benzene ring substituents is 1. The molecule has 6 nitrogen and oxygen atoms in total. The molecular weight excluding hydrogens is 374 g/mol. The molecule has 2 aromatic rings. The fourth-order valence-electron chi connectivity index (χ4n) is 2.65. The summed E-state index contributed by atoms with van der Waals surface area (Å²) in [6, 6.07) is 13.1. The van der Waals surface area contributed by atoms with Gasteiger partial charge < -0.3 is 15.0 Å². The molecule has 0 radical (unpaired) electrons. The van der Waals surface area contributed by atoms with Crippen LogP contribution in [0.3, 0.4) is 0 Å². The van der Waals surface area contributed by atoms with Crippen LogP contribution in [0.1, 0.15) is 5.56 Å². The summed E-state index contributed by atoms with van der Waals surface area (Å²) in [4.78, 5) is 13.0. The molecule has 1 heterocycles. The minimum Gasteiger partial charge on any atom is -0.378 e. The molecule has 0 atom stereocenters. The first-order valence-corrected chi connectivity index (χ1v) is 8.52. The molecule has 0 saturated carbocycles. The average molecular weight is 392 g/mol. The van der Waals surface area contributed by atoms with Gasteiger partial charge in [0.25, 0.3) is 5.69 Å². The maximum atomic E-state index is 11.1. The fourth-order valence-corrected chi connectivity index (χ4v) is 3.01. The van der Waals surface area contributed by atoms with Gasteiger partial charge in [-0.2, -0.15) is 0 Å². The van der Waals surface area contributed by atoms with Gasteiger partial charge in [0.1, 0.15) is 5.69 Å². The number of benzene rings is 2. The Morgan fingerprint density at radius 1 is 1.17 bits per heavy atom. The van der Waals surface area contributed by atoms with Crippen LogP contribution in [0.25, 0.3) is 0 Å². The van der Waals surface area contributed by atoms with Gasteiger partial charge in [0.15, 0.2) is 0 Å². The molecule has 126 valence electrons. The Kier molecular flexibility index (Phi) is 5.32. The van der Waals surface area contributed by atoms with E-state index in [2.05, 4.69) is 38.3 Å². The zero-order valence-electron chi connectivity index (χ0n) is 13.1. The average Bonchev–Trinajstić information content (AvgIpc) is 2.61. The SMILES string of the molecule is O=[N+]([O-])c1ccc(Br)cc1NCc1ccc(N2CCOCC2)cc1. The summed E-state index contributed by atoms with van der Waals surface area (Å²) in [7, 11) is 0. The summed E-state index contributed by atoms with van der Waals surface area (Å²) in [5, 5.41) is 14.2. The van der Waals surface area contributed by atoms with Crippen LogP contribution >= 0.6 is 15.9 Å². The second-order valence-corrected chi connectivity index (χ2v) is 6.45. The highest BCUT2D eigenvalue weighted by Gasteiger charge is 2.14. The molecule has 7 heteroatoms.